The van der Waals surface area contributed by atoms with Crippen LogP contribution in [-0.2, 0) is 25.1 Å². The fourth-order valence-corrected chi connectivity index (χ4v) is 3.65. The summed E-state index contributed by atoms with van der Waals surface area (Å²) in [4.78, 5) is 23.1. The molecule has 0 saturated carbocycles. The Balaban J connectivity index is 1.63. The van der Waals surface area contributed by atoms with Crippen LogP contribution in [0, 0.1) is 32.1 Å². The van der Waals surface area contributed by atoms with Gasteiger partial charge in [0.2, 0.25) is 0 Å². The number of benzene rings is 2. The number of aromatic nitrogens is 1. The van der Waals surface area contributed by atoms with E-state index < -0.39 is 0 Å². The van der Waals surface area contributed by atoms with Crippen LogP contribution >= 0.6 is 9.24 Å². The summed E-state index contributed by atoms with van der Waals surface area (Å²) in [5, 5.41) is 9.15. The van der Waals surface area contributed by atoms with Gasteiger partial charge in [-0.1, -0.05) is 21.4 Å². The van der Waals surface area contributed by atoms with E-state index in [1.807, 2.05) is 44.2 Å². The molecule has 1 aromatic heterocycles. The van der Waals surface area contributed by atoms with Crippen molar-refractivity contribution in [1.29, 1.82) is 5.26 Å². The van der Waals surface area contributed by atoms with Crippen molar-refractivity contribution in [3.63, 3.8) is 0 Å². The van der Waals surface area contributed by atoms with Crippen molar-refractivity contribution < 1.29 is 19.2 Å². The Kier molecular flexibility index (Phi) is 8.11. The van der Waals surface area contributed by atoms with E-state index in [1.165, 1.54) is 4.57 Å². The molecular formula is C25H27N2O5P. The van der Waals surface area contributed by atoms with E-state index in [2.05, 4.69) is 9.24 Å². The normalized spacial score (nSPS) is 10.5. The number of ether oxygens (including phenoxy) is 2. The minimum atomic E-state index is -0.361. The van der Waals surface area contributed by atoms with Gasteiger partial charge in [0.15, 0.2) is 11.6 Å². The summed E-state index contributed by atoms with van der Waals surface area (Å²) in [5.74, 6) is 1.77. The van der Waals surface area contributed by atoms with Crippen LogP contribution in [0.3, 0.4) is 0 Å². The lowest BCUT2D eigenvalue weighted by Gasteiger charge is -2.16. The minimum Gasteiger partial charge on any atom is -0.490 e. The Morgan fingerprint density at radius 1 is 0.939 bits per heavy atom. The van der Waals surface area contributed by atoms with Crippen molar-refractivity contribution in [3.05, 3.63) is 86.2 Å². The van der Waals surface area contributed by atoms with Gasteiger partial charge in [-0.25, -0.2) is 0 Å². The third-order valence-corrected chi connectivity index (χ3v) is 5.44. The van der Waals surface area contributed by atoms with Crippen LogP contribution < -0.4 is 19.9 Å². The maximum absolute atomic E-state index is 12.3. The number of pyridine rings is 1. The van der Waals surface area contributed by atoms with Crippen LogP contribution in [0.15, 0.2) is 47.3 Å². The highest BCUT2D eigenvalue weighted by Gasteiger charge is 2.12. The average molecular weight is 466 g/mol. The Morgan fingerprint density at radius 2 is 1.58 bits per heavy atom. The highest BCUT2D eigenvalue weighted by molar-refractivity contribution is 7.16. The van der Waals surface area contributed by atoms with Crippen molar-refractivity contribution in [3.8, 4) is 23.4 Å². The predicted octanol–water partition coefficient (Wildman–Crippen LogP) is 4.48. The number of aryl methyl sites for hydroxylation is 3. The van der Waals surface area contributed by atoms with Gasteiger partial charge in [-0.2, -0.15) is 10.1 Å². The molecule has 3 rings (SSSR count). The smallest absolute Gasteiger partial charge is 0.271 e. The van der Waals surface area contributed by atoms with Crippen LogP contribution in [0.1, 0.15) is 33.4 Å². The maximum atomic E-state index is 12.3. The SMILES string of the molecule is Cc1cc(COOc2ccc(OCP)cc2)cc(C)c1COc1cc(C)c(C#N)c(=O)n1C. The molecule has 0 spiro atoms. The van der Waals surface area contributed by atoms with Crippen molar-refractivity contribution in [2.45, 2.75) is 34.0 Å². The second-order valence-corrected chi connectivity index (χ2v) is 7.97. The molecule has 1 atom stereocenters. The van der Waals surface area contributed by atoms with Gasteiger partial charge in [0, 0.05) is 13.1 Å². The zero-order chi connectivity index (χ0) is 24.0. The number of hydrogen-bond acceptors (Lipinski definition) is 6. The summed E-state index contributed by atoms with van der Waals surface area (Å²) >= 11 is 0. The molecule has 0 amide bonds. The molecule has 172 valence electrons. The Labute approximate surface area is 195 Å². The molecule has 0 aliphatic carbocycles. The molecule has 33 heavy (non-hydrogen) atoms. The number of hydrogen-bond donors (Lipinski definition) is 0. The first-order valence-corrected chi connectivity index (χ1v) is 11.2. The topological polar surface area (TPSA) is 82.7 Å². The fourth-order valence-electron chi connectivity index (χ4n) is 3.46. The van der Waals surface area contributed by atoms with E-state index in [4.69, 9.17) is 24.5 Å². The Hall–Kier alpha value is -3.33. The van der Waals surface area contributed by atoms with Crippen LogP contribution in [0.25, 0.3) is 0 Å². The van der Waals surface area contributed by atoms with Gasteiger partial charge in [0.25, 0.3) is 5.56 Å². The standard InChI is InChI=1S/C25H27N2O5P/c1-16-9-19(13-31-32-21-7-5-20(6-8-21)30-15-33)10-17(2)23(16)14-29-24-11-18(3)22(12-26)25(28)27(24)4/h5-11H,13-15,33H2,1-4H3. The van der Waals surface area contributed by atoms with Gasteiger partial charge in [-0.3, -0.25) is 9.36 Å². The summed E-state index contributed by atoms with van der Waals surface area (Å²) < 4.78 is 12.7. The van der Waals surface area contributed by atoms with Crippen LogP contribution in [0.5, 0.6) is 17.4 Å². The minimum absolute atomic E-state index is 0.133. The van der Waals surface area contributed by atoms with E-state index >= 15 is 0 Å². The van der Waals surface area contributed by atoms with E-state index in [0.29, 0.717) is 30.1 Å². The highest BCUT2D eigenvalue weighted by atomic mass is 31.0. The number of nitriles is 1. The lowest BCUT2D eigenvalue weighted by atomic mass is 10.0. The van der Waals surface area contributed by atoms with Crippen LogP contribution in [0.2, 0.25) is 0 Å². The summed E-state index contributed by atoms with van der Waals surface area (Å²) in [6.45, 7) is 6.33. The summed E-state index contributed by atoms with van der Waals surface area (Å²) in [5.41, 5.74) is 4.46. The molecular weight excluding hydrogens is 439 g/mol. The first-order valence-electron chi connectivity index (χ1n) is 10.4. The zero-order valence-electron chi connectivity index (χ0n) is 19.2. The lowest BCUT2D eigenvalue weighted by Crippen LogP contribution is -2.22. The molecule has 0 aliphatic heterocycles. The highest BCUT2D eigenvalue weighted by Crippen LogP contribution is 2.22. The molecule has 8 heteroatoms. The molecule has 0 fully saturated rings. The first kappa shape index (κ1) is 24.3. The fraction of sp³-hybridized carbons (Fsp3) is 0.280. The second kappa shape index (κ2) is 11.0. The molecule has 0 saturated heterocycles. The van der Waals surface area contributed by atoms with Gasteiger partial charge < -0.3 is 14.4 Å². The van der Waals surface area contributed by atoms with Crippen molar-refractivity contribution in [2.75, 3.05) is 6.35 Å². The molecule has 3 aromatic rings. The molecule has 0 aliphatic rings. The van der Waals surface area contributed by atoms with Gasteiger partial charge >= 0.3 is 0 Å². The first-order chi connectivity index (χ1) is 15.8. The van der Waals surface area contributed by atoms with Gasteiger partial charge in [-0.15, -0.1) is 0 Å². The van der Waals surface area contributed by atoms with Crippen molar-refractivity contribution >= 4 is 9.24 Å². The molecule has 1 unspecified atom stereocenters. The number of nitrogens with zero attached hydrogens (tertiary/aromatic N) is 2. The lowest BCUT2D eigenvalue weighted by molar-refractivity contribution is -0.217. The monoisotopic (exact) mass is 466 g/mol. The summed E-state index contributed by atoms with van der Waals surface area (Å²) in [6.07, 6.45) is 0.529. The maximum Gasteiger partial charge on any atom is 0.271 e. The van der Waals surface area contributed by atoms with E-state index in [1.54, 1.807) is 32.2 Å². The van der Waals surface area contributed by atoms with E-state index in [-0.39, 0.29) is 17.7 Å². The third kappa shape index (κ3) is 5.92. The zero-order valence-corrected chi connectivity index (χ0v) is 20.3. The Bertz CT molecular complexity index is 1210. The molecule has 7 nitrogen and oxygen atoms in total. The van der Waals surface area contributed by atoms with Gasteiger partial charge in [-0.05, 0) is 72.9 Å². The predicted molar refractivity (Wildman–Crippen MR) is 128 cm³/mol. The average Bonchev–Trinajstić information content (AvgIpc) is 2.78. The molecule has 1 heterocycles. The largest absolute Gasteiger partial charge is 0.490 e. The molecule has 2 aromatic carbocycles. The summed E-state index contributed by atoms with van der Waals surface area (Å²) in [7, 11) is 4.10. The van der Waals surface area contributed by atoms with Crippen LogP contribution in [-0.4, -0.2) is 10.9 Å². The van der Waals surface area contributed by atoms with E-state index in [0.717, 1.165) is 28.0 Å². The molecule has 0 N–H and O–H groups in total. The Morgan fingerprint density at radius 3 is 2.18 bits per heavy atom. The molecule has 0 bridgehead atoms. The molecule has 0 radical (unpaired) electrons. The van der Waals surface area contributed by atoms with Crippen molar-refractivity contribution in [2.24, 2.45) is 7.05 Å². The third-order valence-electron chi connectivity index (χ3n) is 5.27. The summed E-state index contributed by atoms with van der Waals surface area (Å²) in [6, 6.07) is 14.9. The van der Waals surface area contributed by atoms with Crippen molar-refractivity contribution in [1.82, 2.24) is 4.57 Å². The van der Waals surface area contributed by atoms with Gasteiger partial charge in [0.1, 0.15) is 36.9 Å². The quantitative estimate of drug-likeness (QED) is 0.263. The number of rotatable bonds is 9. The van der Waals surface area contributed by atoms with Gasteiger partial charge in [0.05, 0.1) is 0 Å². The van der Waals surface area contributed by atoms with E-state index in [9.17, 15) is 4.79 Å². The second-order valence-electron chi connectivity index (χ2n) is 7.64. The van der Waals surface area contributed by atoms with Crippen LogP contribution in [0.4, 0.5) is 0 Å².